The van der Waals surface area contributed by atoms with Crippen LogP contribution in [-0.4, -0.2) is 56.4 Å². The molecule has 19 aromatic rings. The molecule has 0 atom stereocenters. The van der Waals surface area contributed by atoms with E-state index in [4.69, 9.17) is 15.0 Å². The van der Waals surface area contributed by atoms with Gasteiger partial charge in [-0.1, -0.05) is 347 Å². The molecule has 0 aliphatic carbocycles. The Morgan fingerprint density at radius 3 is 1.00 bits per heavy atom. The molecule has 23 rings (SSSR count). The van der Waals surface area contributed by atoms with Gasteiger partial charge in [-0.3, -0.25) is 0 Å². The maximum Gasteiger partial charge on any atom is 0.186 e. The number of anilines is 3. The molecule has 0 spiro atoms. The zero-order valence-electron chi connectivity index (χ0n) is 60.4. The summed E-state index contributed by atoms with van der Waals surface area (Å²) in [5, 5.41) is 27.0. The van der Waals surface area contributed by atoms with E-state index >= 15 is 0 Å². The molecule has 4 aliphatic rings. The van der Waals surface area contributed by atoms with Gasteiger partial charge in [-0.25, -0.2) is 15.0 Å². The number of nitrogens with zero attached hydrogens (tertiary/aromatic N) is 6. The van der Waals surface area contributed by atoms with E-state index in [1.165, 1.54) is 121 Å². The third kappa shape index (κ3) is 10.4. The van der Waals surface area contributed by atoms with Gasteiger partial charge in [0.1, 0.15) is 33.4 Å². The molecule has 0 amide bonds. The first kappa shape index (κ1) is 72.3. The van der Waals surface area contributed by atoms with Crippen LogP contribution < -0.4 is 87.9 Å². The van der Waals surface area contributed by atoms with Crippen molar-refractivity contribution in [3.63, 3.8) is 0 Å². The van der Waals surface area contributed by atoms with E-state index in [1.54, 1.807) is 0 Å². The van der Waals surface area contributed by atoms with E-state index in [2.05, 4.69) is 402 Å². The van der Waals surface area contributed by atoms with Crippen LogP contribution in [0.3, 0.4) is 0 Å². The average Bonchev–Trinajstić information content (AvgIpc) is 0.884. The summed E-state index contributed by atoms with van der Waals surface area (Å²) in [5.41, 5.74) is 8.18. The smallest absolute Gasteiger partial charge is 0.186 e. The van der Waals surface area contributed by atoms with Crippen molar-refractivity contribution in [3.8, 4) is 11.5 Å². The summed E-state index contributed by atoms with van der Waals surface area (Å²) in [6.07, 6.45) is 5.76. The number of para-hydroxylation sites is 6. The molecule has 5 aromatic heterocycles. The number of fused-ring (bicyclic) bond motifs is 14. The molecule has 4 aliphatic heterocycles. The van der Waals surface area contributed by atoms with Crippen LogP contribution in [0.1, 0.15) is 0 Å². The van der Waals surface area contributed by atoms with Gasteiger partial charge in [0.05, 0.1) is 5.52 Å². The molecule has 0 N–H and O–H groups in total. The zero-order chi connectivity index (χ0) is 72.1. The minimum Gasteiger partial charge on any atom is -0.319 e. The average molecular weight is 2030 g/mol. The summed E-state index contributed by atoms with van der Waals surface area (Å²) in [5.74, 6) is 2.05. The van der Waals surface area contributed by atoms with Crippen LogP contribution >= 0.6 is 0 Å². The summed E-state index contributed by atoms with van der Waals surface area (Å²) in [4.78, 5) is 17.5. The third-order valence-electron chi connectivity index (χ3n) is 23.4. The second-order valence-electron chi connectivity index (χ2n) is 28.5. The van der Waals surface area contributed by atoms with Crippen molar-refractivity contribution in [3.05, 3.63) is 425 Å². The first-order valence-corrected chi connectivity index (χ1v) is 45.3. The molecule has 0 saturated carbocycles. The third-order valence-corrected chi connectivity index (χ3v) is 42.7. The zero-order valence-corrected chi connectivity index (χ0v) is 71.6. The molecular formula is C99H67Ir3N6Si4-3. The SMILES string of the molecule is [Ir].[Ir].[Ir].[c-]1cccc2c1-n1c3ncccc3c3cccc(c31)[Si]2(c1ccccc1)c1ccccc1.[c-]1cccc2c1N1c3ncccc3[Si](c3ccccc3)(c3ccccc3)c3cccc(c31)[Si]2(c1ccccc1)c1ccccc1.[c-]1cccc2c3cccc4c3n(c12)-c1ncccc1[Si]4(c1ccccc1)c1ccccc1. The van der Waals surface area contributed by atoms with E-state index in [0.717, 1.165) is 34.2 Å². The molecule has 9 heterocycles. The van der Waals surface area contributed by atoms with Crippen molar-refractivity contribution in [2.75, 3.05) is 4.90 Å². The second kappa shape index (κ2) is 29.4. The molecule has 539 valence electrons. The number of rotatable bonds is 8. The Morgan fingerprint density at radius 1 is 0.223 bits per heavy atom. The van der Waals surface area contributed by atoms with Gasteiger partial charge in [-0.15, -0.1) is 15.8 Å². The van der Waals surface area contributed by atoms with Crippen LogP contribution in [0.25, 0.3) is 55.2 Å². The molecule has 112 heavy (non-hydrogen) atoms. The van der Waals surface area contributed by atoms with Crippen molar-refractivity contribution >= 4 is 176 Å². The Kier molecular flexibility index (Phi) is 19.0. The topological polar surface area (TPSA) is 51.8 Å². The Bertz CT molecular complexity index is 6140. The molecule has 14 aromatic carbocycles. The van der Waals surface area contributed by atoms with Gasteiger partial charge in [-0.05, 0) is 81.5 Å². The fourth-order valence-electron chi connectivity index (χ4n) is 19.4. The summed E-state index contributed by atoms with van der Waals surface area (Å²) >= 11 is 0. The largest absolute Gasteiger partial charge is 0.319 e. The summed E-state index contributed by atoms with van der Waals surface area (Å²) < 4.78 is 4.68. The maximum absolute atomic E-state index is 5.24. The Labute approximate surface area is 695 Å². The predicted molar refractivity (Wildman–Crippen MR) is 461 cm³/mol. The van der Waals surface area contributed by atoms with E-state index in [9.17, 15) is 0 Å². The quantitative estimate of drug-likeness (QED) is 0.112. The van der Waals surface area contributed by atoms with E-state index in [1.807, 2.05) is 36.8 Å². The Hall–Kier alpha value is -11.3. The molecule has 0 unspecified atom stereocenters. The van der Waals surface area contributed by atoms with E-state index in [0.29, 0.717) is 0 Å². The number of pyridine rings is 3. The summed E-state index contributed by atoms with van der Waals surface area (Å²) in [6.45, 7) is 0. The number of aromatic nitrogens is 5. The molecule has 13 heteroatoms. The van der Waals surface area contributed by atoms with E-state index in [-0.39, 0.29) is 60.3 Å². The number of benzene rings is 14. The first-order chi connectivity index (χ1) is 54.2. The summed E-state index contributed by atoms with van der Waals surface area (Å²) in [6, 6.07) is 153. The van der Waals surface area contributed by atoms with E-state index < -0.39 is 32.3 Å². The van der Waals surface area contributed by atoms with Crippen LogP contribution in [-0.2, 0) is 60.3 Å². The van der Waals surface area contributed by atoms with Gasteiger partial charge in [-0.2, -0.15) is 72.8 Å². The van der Waals surface area contributed by atoms with Gasteiger partial charge in [0, 0.05) is 101 Å². The Morgan fingerprint density at radius 2 is 0.527 bits per heavy atom. The van der Waals surface area contributed by atoms with Crippen molar-refractivity contribution in [1.29, 1.82) is 0 Å². The fourth-order valence-corrected chi connectivity index (χ4v) is 39.8. The molecular weight excluding hydrogens is 1960 g/mol. The van der Waals surface area contributed by atoms with Crippen LogP contribution in [0.15, 0.2) is 407 Å². The normalized spacial score (nSPS) is 13.9. The van der Waals surface area contributed by atoms with Gasteiger partial charge in [0.25, 0.3) is 0 Å². The van der Waals surface area contributed by atoms with Gasteiger partial charge in [0.15, 0.2) is 16.1 Å². The van der Waals surface area contributed by atoms with Gasteiger partial charge < -0.3 is 14.0 Å². The fraction of sp³-hybridized carbons (Fsp3) is 0. The number of hydrogen-bond donors (Lipinski definition) is 0. The Balaban J connectivity index is 0.000000118. The van der Waals surface area contributed by atoms with Crippen LogP contribution in [0, 0.1) is 18.2 Å². The molecule has 3 radical (unpaired) electrons. The van der Waals surface area contributed by atoms with Crippen molar-refractivity contribution < 1.29 is 60.3 Å². The first-order valence-electron chi connectivity index (χ1n) is 37.3. The minimum atomic E-state index is -2.81. The molecule has 0 bridgehead atoms. The van der Waals surface area contributed by atoms with Crippen molar-refractivity contribution in [2.45, 2.75) is 0 Å². The standard InChI is InChI=1S/C41H29N2Si2.2C29H19N2Si.3Ir/c1-5-17-31(18-6-1)44(32-19-7-2-8-20-32)36-26-14-13-25-35(36)43-40-37(44)27-15-28-38(40)45(33-21-9-3-10-22-33,34-23-11-4-12-24-34)39-29-16-30-42-41(39)43;1-3-11-21(12-4-1)32(22-13-5-2-6-14-22)26-18-8-7-17-25(26)31-28-23(15-9-19-27(28)32)24-16-10-20-30-29(24)31;1-3-11-21(12-4-1)32(22-13-5-2-6-14-22)26-18-9-16-24-23-15-7-8-17-25(23)31(28(24)26)29-27(32)19-10-20-30-29;;;/h1-24,26-30H;2*1-16,18-20H;;;/q3*-1;;;. The maximum atomic E-state index is 5.24. The number of hydrogen-bond acceptors (Lipinski definition) is 4. The second-order valence-corrected chi connectivity index (χ2v) is 43.4. The van der Waals surface area contributed by atoms with Crippen molar-refractivity contribution in [1.82, 2.24) is 24.1 Å². The molecule has 0 fully saturated rings. The van der Waals surface area contributed by atoms with Gasteiger partial charge >= 0.3 is 0 Å². The monoisotopic (exact) mass is 2030 g/mol. The van der Waals surface area contributed by atoms with Crippen LogP contribution in [0.5, 0.6) is 0 Å². The molecule has 6 nitrogen and oxygen atoms in total. The van der Waals surface area contributed by atoms with Gasteiger partial charge in [0.2, 0.25) is 0 Å². The van der Waals surface area contributed by atoms with Crippen LogP contribution in [0.2, 0.25) is 0 Å². The van der Waals surface area contributed by atoms with Crippen LogP contribution in [0.4, 0.5) is 17.2 Å². The van der Waals surface area contributed by atoms with Crippen molar-refractivity contribution in [2.24, 2.45) is 0 Å². The predicted octanol–water partition coefficient (Wildman–Crippen LogP) is 11.1. The summed E-state index contributed by atoms with van der Waals surface area (Å²) in [7, 11) is -10.7. The molecule has 0 saturated heterocycles. The minimum absolute atomic E-state index is 0.